The lowest BCUT2D eigenvalue weighted by Crippen LogP contribution is -2.40. The Morgan fingerprint density at radius 1 is 1.10 bits per heavy atom. The van der Waals surface area contributed by atoms with E-state index in [1.165, 1.54) is 4.31 Å². The van der Waals surface area contributed by atoms with Crippen LogP contribution in [-0.4, -0.2) is 65.2 Å². The van der Waals surface area contributed by atoms with Crippen molar-refractivity contribution < 1.29 is 17.9 Å². The van der Waals surface area contributed by atoms with Crippen LogP contribution in [0.3, 0.4) is 0 Å². The molecule has 166 valence electrons. The first-order chi connectivity index (χ1) is 14.9. The molecule has 0 unspecified atom stereocenters. The predicted molar refractivity (Wildman–Crippen MR) is 121 cm³/mol. The molecule has 0 radical (unpaired) electrons. The van der Waals surface area contributed by atoms with Crippen LogP contribution < -0.4 is 10.3 Å². The Morgan fingerprint density at radius 2 is 1.74 bits per heavy atom. The highest BCUT2D eigenvalue weighted by molar-refractivity contribution is 7.89. The molecule has 2 aromatic rings. The summed E-state index contributed by atoms with van der Waals surface area (Å²) in [6, 6.07) is 14.5. The Kier molecular flexibility index (Phi) is 7.78. The standard InChI is InChI=1S/C22H28N4O4S/c1-25(2)20-8-3-19(4-9-20)17-23-24-22(27)12-7-18-5-10-21(11-6-18)31(28,29)26-13-15-30-16-14-26/h3-6,8-11,17H,7,12-16H2,1-2H3,(H,24,27). The van der Waals surface area contributed by atoms with Gasteiger partial charge in [0.05, 0.1) is 24.3 Å². The van der Waals surface area contributed by atoms with Gasteiger partial charge in [-0.25, -0.2) is 13.8 Å². The molecule has 31 heavy (non-hydrogen) atoms. The van der Waals surface area contributed by atoms with E-state index in [9.17, 15) is 13.2 Å². The maximum Gasteiger partial charge on any atom is 0.243 e. The molecule has 0 saturated carbocycles. The van der Waals surface area contributed by atoms with E-state index < -0.39 is 10.0 Å². The number of sulfonamides is 1. The van der Waals surface area contributed by atoms with Crippen molar-refractivity contribution >= 4 is 27.8 Å². The summed E-state index contributed by atoms with van der Waals surface area (Å²) < 4.78 is 31.9. The van der Waals surface area contributed by atoms with E-state index in [1.807, 2.05) is 43.3 Å². The predicted octanol–water partition coefficient (Wildman–Crippen LogP) is 1.86. The van der Waals surface area contributed by atoms with Gasteiger partial charge in [0.1, 0.15) is 0 Å². The molecule has 0 spiro atoms. The number of ether oxygens (including phenoxy) is 1. The number of nitrogens with zero attached hydrogens (tertiary/aromatic N) is 3. The van der Waals surface area contributed by atoms with Crippen LogP contribution in [0.15, 0.2) is 58.5 Å². The van der Waals surface area contributed by atoms with Gasteiger partial charge < -0.3 is 9.64 Å². The number of benzene rings is 2. The Bertz CT molecular complexity index is 997. The second-order valence-electron chi connectivity index (χ2n) is 7.44. The van der Waals surface area contributed by atoms with Crippen molar-refractivity contribution in [1.82, 2.24) is 9.73 Å². The average Bonchev–Trinajstić information content (AvgIpc) is 2.79. The minimum absolute atomic E-state index is 0.203. The van der Waals surface area contributed by atoms with Gasteiger partial charge >= 0.3 is 0 Å². The first-order valence-corrected chi connectivity index (χ1v) is 11.6. The molecule has 1 heterocycles. The first kappa shape index (κ1) is 22.9. The van der Waals surface area contributed by atoms with E-state index >= 15 is 0 Å². The van der Waals surface area contributed by atoms with Crippen LogP contribution in [0.1, 0.15) is 17.5 Å². The number of carbonyl (C=O) groups excluding carboxylic acids is 1. The quantitative estimate of drug-likeness (QED) is 0.496. The molecular formula is C22H28N4O4S. The number of hydrogen-bond donors (Lipinski definition) is 1. The van der Waals surface area contributed by atoms with Gasteiger partial charge in [-0.3, -0.25) is 4.79 Å². The molecule has 0 bridgehead atoms. The molecule has 9 heteroatoms. The van der Waals surface area contributed by atoms with Gasteiger partial charge in [-0.05, 0) is 41.8 Å². The van der Waals surface area contributed by atoms with Gasteiger partial charge in [-0.2, -0.15) is 9.41 Å². The number of hydrazone groups is 1. The largest absolute Gasteiger partial charge is 0.379 e. The molecule has 0 atom stereocenters. The molecule has 0 aliphatic carbocycles. The summed E-state index contributed by atoms with van der Waals surface area (Å²) in [5.74, 6) is -0.203. The van der Waals surface area contributed by atoms with Crippen LogP contribution >= 0.6 is 0 Å². The average molecular weight is 445 g/mol. The fourth-order valence-corrected chi connectivity index (χ4v) is 4.52. The van der Waals surface area contributed by atoms with Crippen LogP contribution in [0.2, 0.25) is 0 Å². The molecule has 1 saturated heterocycles. The third-order valence-electron chi connectivity index (χ3n) is 4.98. The fraction of sp³-hybridized carbons (Fsp3) is 0.364. The monoisotopic (exact) mass is 444 g/mol. The molecule has 2 aromatic carbocycles. The maximum atomic E-state index is 12.6. The Hall–Kier alpha value is -2.75. The summed E-state index contributed by atoms with van der Waals surface area (Å²) in [5, 5.41) is 3.99. The van der Waals surface area contributed by atoms with Crippen LogP contribution in [-0.2, 0) is 26.0 Å². The van der Waals surface area contributed by atoms with Crippen LogP contribution in [0.25, 0.3) is 0 Å². The molecular weight excluding hydrogens is 416 g/mol. The lowest BCUT2D eigenvalue weighted by molar-refractivity contribution is -0.121. The second kappa shape index (κ2) is 10.5. The summed E-state index contributed by atoms with van der Waals surface area (Å²) in [7, 11) is 0.441. The second-order valence-corrected chi connectivity index (χ2v) is 9.38. The number of rotatable bonds is 8. The molecule has 1 N–H and O–H groups in total. The summed E-state index contributed by atoms with van der Waals surface area (Å²) in [6.07, 6.45) is 2.35. The van der Waals surface area contributed by atoms with E-state index in [4.69, 9.17) is 4.74 Å². The molecule has 1 aliphatic heterocycles. The van der Waals surface area contributed by atoms with Crippen molar-refractivity contribution in [2.75, 3.05) is 45.3 Å². The lowest BCUT2D eigenvalue weighted by atomic mass is 10.1. The third-order valence-corrected chi connectivity index (χ3v) is 6.90. The lowest BCUT2D eigenvalue weighted by Gasteiger charge is -2.26. The number of carbonyl (C=O) groups is 1. The van der Waals surface area contributed by atoms with Crippen molar-refractivity contribution in [2.24, 2.45) is 5.10 Å². The van der Waals surface area contributed by atoms with Crippen molar-refractivity contribution in [2.45, 2.75) is 17.7 Å². The zero-order valence-electron chi connectivity index (χ0n) is 17.8. The minimum atomic E-state index is -3.50. The highest BCUT2D eigenvalue weighted by atomic mass is 32.2. The number of hydrogen-bond acceptors (Lipinski definition) is 6. The topological polar surface area (TPSA) is 91.3 Å². The van der Waals surface area contributed by atoms with Crippen molar-refractivity contribution in [3.63, 3.8) is 0 Å². The molecule has 1 fully saturated rings. The van der Waals surface area contributed by atoms with Gasteiger partial charge in [-0.1, -0.05) is 24.3 Å². The molecule has 1 amide bonds. The smallest absolute Gasteiger partial charge is 0.243 e. The Morgan fingerprint density at radius 3 is 2.35 bits per heavy atom. The van der Waals surface area contributed by atoms with Gasteiger partial charge in [-0.15, -0.1) is 0 Å². The van der Waals surface area contributed by atoms with Gasteiger partial charge in [0.2, 0.25) is 15.9 Å². The normalized spacial score (nSPS) is 15.2. The summed E-state index contributed by atoms with van der Waals surface area (Å²) >= 11 is 0. The van der Waals surface area contributed by atoms with Crippen LogP contribution in [0.4, 0.5) is 5.69 Å². The van der Waals surface area contributed by atoms with Gasteiger partial charge in [0.25, 0.3) is 0 Å². The maximum absolute atomic E-state index is 12.6. The van der Waals surface area contributed by atoms with Gasteiger partial charge in [0.15, 0.2) is 0 Å². The van der Waals surface area contributed by atoms with E-state index in [-0.39, 0.29) is 17.2 Å². The summed E-state index contributed by atoms with van der Waals surface area (Å²) in [6.45, 7) is 1.56. The van der Waals surface area contributed by atoms with E-state index in [0.717, 1.165) is 16.8 Å². The first-order valence-electron chi connectivity index (χ1n) is 10.1. The Labute approximate surface area is 183 Å². The summed E-state index contributed by atoms with van der Waals surface area (Å²) in [4.78, 5) is 14.3. The van der Waals surface area contributed by atoms with Crippen LogP contribution in [0, 0.1) is 0 Å². The highest BCUT2D eigenvalue weighted by Gasteiger charge is 2.26. The summed E-state index contributed by atoms with van der Waals surface area (Å²) in [5.41, 5.74) is 5.39. The van der Waals surface area contributed by atoms with Crippen LogP contribution in [0.5, 0.6) is 0 Å². The van der Waals surface area contributed by atoms with E-state index in [0.29, 0.717) is 32.7 Å². The molecule has 1 aliphatic rings. The molecule has 8 nitrogen and oxygen atoms in total. The van der Waals surface area contributed by atoms with Crippen molar-refractivity contribution in [1.29, 1.82) is 0 Å². The van der Waals surface area contributed by atoms with Crippen molar-refractivity contribution in [3.05, 3.63) is 59.7 Å². The zero-order chi connectivity index (χ0) is 22.3. The minimum Gasteiger partial charge on any atom is -0.379 e. The highest BCUT2D eigenvalue weighted by Crippen LogP contribution is 2.18. The van der Waals surface area contributed by atoms with E-state index in [1.54, 1.807) is 30.5 Å². The zero-order valence-corrected chi connectivity index (χ0v) is 18.6. The molecule has 3 rings (SSSR count). The number of amides is 1. The Balaban J connectivity index is 1.47. The van der Waals surface area contributed by atoms with Crippen molar-refractivity contribution in [3.8, 4) is 0 Å². The number of morpholine rings is 1. The SMILES string of the molecule is CN(C)c1ccc(C=NNC(=O)CCc2ccc(S(=O)(=O)N3CCOCC3)cc2)cc1. The van der Waals surface area contributed by atoms with E-state index in [2.05, 4.69) is 10.5 Å². The number of aryl methyl sites for hydroxylation is 1. The fourth-order valence-electron chi connectivity index (χ4n) is 3.12. The third kappa shape index (κ3) is 6.36. The van der Waals surface area contributed by atoms with Gasteiger partial charge in [0, 0.05) is 39.3 Å². The number of anilines is 1. The molecule has 0 aromatic heterocycles. The number of nitrogens with one attached hydrogen (secondary N) is 1.